The number of rotatable bonds is 5. The van der Waals surface area contributed by atoms with E-state index in [0.717, 1.165) is 5.56 Å². The second-order valence-corrected chi connectivity index (χ2v) is 5.28. The van der Waals surface area contributed by atoms with Crippen molar-refractivity contribution in [3.63, 3.8) is 0 Å². The molecule has 0 amide bonds. The normalized spacial score (nSPS) is 10.9. The van der Waals surface area contributed by atoms with Crippen molar-refractivity contribution in [2.45, 2.75) is 13.1 Å². The molecule has 0 aliphatic rings. The van der Waals surface area contributed by atoms with Gasteiger partial charge in [-0.2, -0.15) is 4.39 Å². The van der Waals surface area contributed by atoms with Crippen LogP contribution in [-0.2, 0) is 13.1 Å². The SMILES string of the molecule is CN(Cc1ccc(Cl)cc1)Cc1ccc([N+](=O)[O-])c(F)c1. The third-order valence-corrected chi connectivity index (χ3v) is 3.28. The Kier molecular flexibility index (Phi) is 4.88. The average molecular weight is 309 g/mol. The smallest absolute Gasteiger partial charge is 0.298 e. The number of nitro benzene ring substituents is 1. The predicted molar refractivity (Wildman–Crippen MR) is 79.7 cm³/mol. The van der Waals surface area contributed by atoms with Gasteiger partial charge in [-0.1, -0.05) is 29.8 Å². The van der Waals surface area contributed by atoms with Crippen LogP contribution in [-0.4, -0.2) is 16.9 Å². The van der Waals surface area contributed by atoms with Gasteiger partial charge in [0, 0.05) is 24.2 Å². The Bertz CT molecular complexity index is 647. The summed E-state index contributed by atoms with van der Waals surface area (Å²) in [5, 5.41) is 11.2. The van der Waals surface area contributed by atoms with Crippen LogP contribution in [0.15, 0.2) is 42.5 Å². The Morgan fingerprint density at radius 3 is 2.29 bits per heavy atom. The molecule has 21 heavy (non-hydrogen) atoms. The van der Waals surface area contributed by atoms with Gasteiger partial charge in [-0.3, -0.25) is 15.0 Å². The molecule has 0 heterocycles. The molecule has 4 nitrogen and oxygen atoms in total. The number of halogens is 2. The van der Waals surface area contributed by atoms with Crippen molar-refractivity contribution in [1.82, 2.24) is 4.90 Å². The topological polar surface area (TPSA) is 46.4 Å². The van der Waals surface area contributed by atoms with E-state index in [9.17, 15) is 14.5 Å². The Labute approximate surface area is 126 Å². The molecule has 2 rings (SSSR count). The molecular formula is C15H14ClFN2O2. The molecule has 2 aromatic carbocycles. The number of hydrogen-bond acceptors (Lipinski definition) is 3. The zero-order chi connectivity index (χ0) is 15.4. The number of nitro groups is 1. The minimum atomic E-state index is -0.808. The number of benzene rings is 2. The third-order valence-electron chi connectivity index (χ3n) is 3.03. The summed E-state index contributed by atoms with van der Waals surface area (Å²) in [7, 11) is 1.90. The molecule has 0 aliphatic heterocycles. The maximum absolute atomic E-state index is 13.5. The van der Waals surface area contributed by atoms with E-state index < -0.39 is 16.4 Å². The highest BCUT2D eigenvalue weighted by Gasteiger charge is 2.14. The average Bonchev–Trinajstić information content (AvgIpc) is 2.41. The molecule has 110 valence electrons. The summed E-state index contributed by atoms with van der Waals surface area (Å²) >= 11 is 5.83. The lowest BCUT2D eigenvalue weighted by atomic mass is 10.1. The fourth-order valence-electron chi connectivity index (χ4n) is 2.07. The van der Waals surface area contributed by atoms with Crippen molar-refractivity contribution in [1.29, 1.82) is 0 Å². The van der Waals surface area contributed by atoms with Gasteiger partial charge in [-0.05, 0) is 36.4 Å². The monoisotopic (exact) mass is 308 g/mol. The molecule has 0 aromatic heterocycles. The van der Waals surface area contributed by atoms with Crippen LogP contribution in [0.3, 0.4) is 0 Å². The lowest BCUT2D eigenvalue weighted by molar-refractivity contribution is -0.387. The molecule has 0 radical (unpaired) electrons. The van der Waals surface area contributed by atoms with Gasteiger partial charge in [0.05, 0.1) is 4.92 Å². The van der Waals surface area contributed by atoms with E-state index >= 15 is 0 Å². The van der Waals surface area contributed by atoms with Crippen LogP contribution in [0.1, 0.15) is 11.1 Å². The van der Waals surface area contributed by atoms with Gasteiger partial charge in [0.25, 0.3) is 0 Å². The van der Waals surface area contributed by atoms with Crippen molar-refractivity contribution >= 4 is 17.3 Å². The fraction of sp³-hybridized carbons (Fsp3) is 0.200. The first-order chi connectivity index (χ1) is 9.95. The summed E-state index contributed by atoms with van der Waals surface area (Å²) in [6, 6.07) is 11.5. The Morgan fingerprint density at radius 2 is 1.71 bits per heavy atom. The maximum atomic E-state index is 13.5. The Balaban J connectivity index is 2.02. The fourth-order valence-corrected chi connectivity index (χ4v) is 2.19. The van der Waals surface area contributed by atoms with E-state index in [1.54, 1.807) is 6.07 Å². The van der Waals surface area contributed by atoms with Gasteiger partial charge in [-0.25, -0.2) is 0 Å². The minimum Gasteiger partial charge on any atom is -0.298 e. The largest absolute Gasteiger partial charge is 0.304 e. The van der Waals surface area contributed by atoms with Crippen LogP contribution >= 0.6 is 11.6 Å². The van der Waals surface area contributed by atoms with Gasteiger partial charge in [0.15, 0.2) is 0 Å². The second kappa shape index (κ2) is 6.65. The van der Waals surface area contributed by atoms with Crippen LogP contribution in [0, 0.1) is 15.9 Å². The highest BCUT2D eigenvalue weighted by atomic mass is 35.5. The first-order valence-corrected chi connectivity index (χ1v) is 6.69. The van der Waals surface area contributed by atoms with Gasteiger partial charge in [0.1, 0.15) is 0 Å². The second-order valence-electron chi connectivity index (χ2n) is 4.84. The molecule has 0 bridgehead atoms. The Hall–Kier alpha value is -1.98. The van der Waals surface area contributed by atoms with Gasteiger partial charge >= 0.3 is 5.69 Å². The van der Waals surface area contributed by atoms with E-state index in [1.165, 1.54) is 12.1 Å². The van der Waals surface area contributed by atoms with E-state index in [-0.39, 0.29) is 0 Å². The van der Waals surface area contributed by atoms with Crippen molar-refractivity contribution in [2.24, 2.45) is 0 Å². The van der Waals surface area contributed by atoms with Crippen LogP contribution in [0.5, 0.6) is 0 Å². The van der Waals surface area contributed by atoms with E-state index in [1.807, 2.05) is 36.2 Å². The molecule has 0 fully saturated rings. The molecule has 0 saturated carbocycles. The molecule has 0 saturated heterocycles. The highest BCUT2D eigenvalue weighted by molar-refractivity contribution is 6.30. The molecular weight excluding hydrogens is 295 g/mol. The molecule has 2 aromatic rings. The standard InChI is InChI=1S/C15H14ClFN2O2/c1-18(9-11-2-5-13(16)6-3-11)10-12-4-7-15(19(20)21)14(17)8-12/h2-8H,9-10H2,1H3. The van der Waals surface area contributed by atoms with E-state index in [2.05, 4.69) is 0 Å². The van der Waals surface area contributed by atoms with Gasteiger partial charge in [-0.15, -0.1) is 0 Å². The van der Waals surface area contributed by atoms with E-state index in [0.29, 0.717) is 23.7 Å². The van der Waals surface area contributed by atoms with Crippen LogP contribution in [0.4, 0.5) is 10.1 Å². The van der Waals surface area contributed by atoms with Crippen molar-refractivity contribution in [3.8, 4) is 0 Å². The first kappa shape index (κ1) is 15.4. The quantitative estimate of drug-likeness (QED) is 0.619. The lowest BCUT2D eigenvalue weighted by Gasteiger charge is -2.17. The van der Waals surface area contributed by atoms with E-state index in [4.69, 9.17) is 11.6 Å². The molecule has 0 N–H and O–H groups in total. The maximum Gasteiger partial charge on any atom is 0.304 e. The zero-order valence-electron chi connectivity index (χ0n) is 11.4. The van der Waals surface area contributed by atoms with Crippen LogP contribution in [0.25, 0.3) is 0 Å². The first-order valence-electron chi connectivity index (χ1n) is 6.31. The molecule has 0 atom stereocenters. The molecule has 0 spiro atoms. The predicted octanol–water partition coefficient (Wildman–Crippen LogP) is 4.02. The number of nitrogens with zero attached hydrogens (tertiary/aromatic N) is 2. The third kappa shape index (κ3) is 4.24. The molecule has 0 aliphatic carbocycles. The summed E-state index contributed by atoms with van der Waals surface area (Å²) < 4.78 is 13.5. The van der Waals surface area contributed by atoms with Crippen LogP contribution in [0.2, 0.25) is 5.02 Å². The molecule has 0 unspecified atom stereocenters. The molecule has 6 heteroatoms. The summed E-state index contributed by atoms with van der Waals surface area (Å²) in [6.07, 6.45) is 0. The summed E-state index contributed by atoms with van der Waals surface area (Å²) in [5.74, 6) is -0.808. The van der Waals surface area contributed by atoms with Gasteiger partial charge in [0.2, 0.25) is 5.82 Å². The highest BCUT2D eigenvalue weighted by Crippen LogP contribution is 2.19. The van der Waals surface area contributed by atoms with Crippen molar-refractivity contribution in [2.75, 3.05) is 7.05 Å². The Morgan fingerprint density at radius 1 is 1.14 bits per heavy atom. The summed E-state index contributed by atoms with van der Waals surface area (Å²) in [6.45, 7) is 1.17. The number of hydrogen-bond donors (Lipinski definition) is 0. The summed E-state index contributed by atoms with van der Waals surface area (Å²) in [4.78, 5) is 11.8. The van der Waals surface area contributed by atoms with Crippen molar-refractivity contribution in [3.05, 3.63) is 74.5 Å². The minimum absolute atomic E-state index is 0.498. The van der Waals surface area contributed by atoms with Gasteiger partial charge < -0.3 is 0 Å². The van der Waals surface area contributed by atoms with Crippen LogP contribution < -0.4 is 0 Å². The zero-order valence-corrected chi connectivity index (χ0v) is 12.2. The lowest BCUT2D eigenvalue weighted by Crippen LogP contribution is -2.17. The van der Waals surface area contributed by atoms with Crippen molar-refractivity contribution < 1.29 is 9.31 Å². The summed E-state index contributed by atoms with van der Waals surface area (Å²) in [5.41, 5.74) is 1.28.